The van der Waals surface area contributed by atoms with Gasteiger partial charge >= 0.3 is 18.2 Å². The summed E-state index contributed by atoms with van der Waals surface area (Å²) in [4.78, 5) is 23.8. The predicted molar refractivity (Wildman–Crippen MR) is 73.9 cm³/mol. The molecule has 0 aromatic carbocycles. The Kier molecular flexibility index (Phi) is 5.72. The first kappa shape index (κ1) is 17.8. The number of ether oxygens (including phenoxy) is 1. The van der Waals surface area contributed by atoms with E-state index in [1.54, 1.807) is 0 Å². The second-order valence-corrected chi connectivity index (χ2v) is 6.01. The quantitative estimate of drug-likeness (QED) is 0.820. The molecule has 1 unspecified atom stereocenters. The Morgan fingerprint density at radius 3 is 2.52 bits per heavy atom. The summed E-state index contributed by atoms with van der Waals surface area (Å²) in [5, 5.41) is 11.5. The molecule has 2 fully saturated rings. The number of urea groups is 1. The van der Waals surface area contributed by atoms with Gasteiger partial charge < -0.3 is 20.1 Å². The van der Waals surface area contributed by atoms with Gasteiger partial charge in [-0.15, -0.1) is 0 Å². The summed E-state index contributed by atoms with van der Waals surface area (Å²) in [6, 6.07) is -0.654. The molecule has 0 aromatic heterocycles. The lowest BCUT2D eigenvalue weighted by Crippen LogP contribution is -2.40. The molecule has 132 valence electrons. The zero-order valence-electron chi connectivity index (χ0n) is 12.6. The smallest absolute Gasteiger partial charge is 0.394 e. The molecule has 9 heteroatoms. The molecule has 6 nitrogen and oxygen atoms in total. The number of nitrogens with one attached hydrogen (secondary N) is 1. The molecule has 2 heterocycles. The van der Waals surface area contributed by atoms with Crippen LogP contribution in [0.15, 0.2) is 0 Å². The van der Waals surface area contributed by atoms with E-state index in [4.69, 9.17) is 9.84 Å². The van der Waals surface area contributed by atoms with E-state index in [1.807, 2.05) is 0 Å². The third kappa shape index (κ3) is 4.73. The molecule has 23 heavy (non-hydrogen) atoms. The Bertz CT molecular complexity index is 438. The Balaban J connectivity index is 1.81. The van der Waals surface area contributed by atoms with Crippen molar-refractivity contribution in [3.63, 3.8) is 0 Å². The number of amides is 2. The molecule has 0 saturated carbocycles. The highest BCUT2D eigenvalue weighted by molar-refractivity contribution is 5.77. The van der Waals surface area contributed by atoms with Crippen molar-refractivity contribution < 1.29 is 32.6 Å². The summed E-state index contributed by atoms with van der Waals surface area (Å²) in [7, 11) is 0. The van der Waals surface area contributed by atoms with Crippen LogP contribution in [0.25, 0.3) is 0 Å². The zero-order chi connectivity index (χ0) is 17.0. The maximum atomic E-state index is 12.9. The summed E-state index contributed by atoms with van der Waals surface area (Å²) < 4.78 is 44.1. The number of rotatable bonds is 4. The molecule has 2 amide bonds. The van der Waals surface area contributed by atoms with Crippen molar-refractivity contribution in [3.8, 4) is 0 Å². The van der Waals surface area contributed by atoms with Crippen molar-refractivity contribution in [2.75, 3.05) is 26.2 Å². The summed E-state index contributed by atoms with van der Waals surface area (Å²) in [6.07, 6.45) is -0.961. The van der Waals surface area contributed by atoms with Crippen LogP contribution in [0.1, 0.15) is 25.7 Å². The van der Waals surface area contributed by atoms with E-state index in [1.165, 1.54) is 0 Å². The highest BCUT2D eigenvalue weighted by Gasteiger charge is 2.53. The largest absolute Gasteiger partial charge is 0.481 e. The zero-order valence-corrected chi connectivity index (χ0v) is 12.6. The first-order valence-corrected chi connectivity index (χ1v) is 7.73. The van der Waals surface area contributed by atoms with E-state index < -0.39 is 43.1 Å². The molecule has 2 aliphatic heterocycles. The number of carbonyl (C=O) groups excluding carboxylic acids is 1. The van der Waals surface area contributed by atoms with Crippen molar-refractivity contribution in [1.29, 1.82) is 0 Å². The Labute approximate surface area is 132 Å². The van der Waals surface area contributed by atoms with Gasteiger partial charge in [0, 0.05) is 26.2 Å². The van der Waals surface area contributed by atoms with Gasteiger partial charge in [0.05, 0.1) is 17.9 Å². The standard InChI is InChI=1S/C14H21F3N2O4/c15-14(16,17)11-8-19(7-10(11)12(20)21)13(22)18-5-4-9-3-1-2-6-23-9/h9-11H,1-8H2,(H,18,22)(H,20,21)/t9?,10-,11-/m1/s1. The Morgan fingerprint density at radius 2 is 2.00 bits per heavy atom. The fourth-order valence-electron chi connectivity index (χ4n) is 3.04. The average Bonchev–Trinajstić information content (AvgIpc) is 2.94. The third-order valence-corrected chi connectivity index (χ3v) is 4.36. The van der Waals surface area contributed by atoms with E-state index in [0.29, 0.717) is 19.6 Å². The molecule has 0 aromatic rings. The Morgan fingerprint density at radius 1 is 1.26 bits per heavy atom. The molecule has 2 saturated heterocycles. The molecule has 0 aliphatic carbocycles. The third-order valence-electron chi connectivity index (χ3n) is 4.36. The molecule has 2 N–H and O–H groups in total. The van der Waals surface area contributed by atoms with E-state index in [0.717, 1.165) is 24.2 Å². The SMILES string of the molecule is O=C(O)[C@@H]1CN(C(=O)NCCC2CCCCO2)C[C@H]1C(F)(F)F. The minimum Gasteiger partial charge on any atom is -0.481 e. The molecule has 0 bridgehead atoms. The van der Waals surface area contributed by atoms with E-state index in [9.17, 15) is 22.8 Å². The van der Waals surface area contributed by atoms with Crippen LogP contribution in [-0.2, 0) is 9.53 Å². The van der Waals surface area contributed by atoms with Crippen LogP contribution in [0.5, 0.6) is 0 Å². The first-order valence-electron chi connectivity index (χ1n) is 7.73. The van der Waals surface area contributed by atoms with Crippen LogP contribution in [0, 0.1) is 11.8 Å². The minimum absolute atomic E-state index is 0.0670. The van der Waals surface area contributed by atoms with Crippen LogP contribution in [0.3, 0.4) is 0 Å². The van der Waals surface area contributed by atoms with Crippen molar-refractivity contribution >= 4 is 12.0 Å². The molecule has 3 atom stereocenters. The molecule has 0 radical (unpaired) electrons. The second-order valence-electron chi connectivity index (χ2n) is 6.01. The van der Waals surface area contributed by atoms with Crippen molar-refractivity contribution in [3.05, 3.63) is 0 Å². The van der Waals surface area contributed by atoms with Gasteiger partial charge in [-0.2, -0.15) is 13.2 Å². The van der Waals surface area contributed by atoms with Crippen LogP contribution in [-0.4, -0.2) is 60.5 Å². The molecule has 2 aliphatic rings. The minimum atomic E-state index is -4.63. The lowest BCUT2D eigenvalue weighted by molar-refractivity contribution is -0.187. The van der Waals surface area contributed by atoms with Gasteiger partial charge in [-0.25, -0.2) is 4.79 Å². The summed E-state index contributed by atoms with van der Waals surface area (Å²) in [5.41, 5.74) is 0. The summed E-state index contributed by atoms with van der Waals surface area (Å²) in [6.45, 7) is -0.0514. The normalized spacial score (nSPS) is 28.7. The van der Waals surface area contributed by atoms with Gasteiger partial charge in [-0.1, -0.05) is 0 Å². The van der Waals surface area contributed by atoms with E-state index in [-0.39, 0.29) is 6.10 Å². The molecule has 2 rings (SSSR count). The molecular weight excluding hydrogens is 317 g/mol. The van der Waals surface area contributed by atoms with Gasteiger partial charge in [0.25, 0.3) is 0 Å². The highest BCUT2D eigenvalue weighted by Crippen LogP contribution is 2.37. The van der Waals surface area contributed by atoms with Crippen LogP contribution >= 0.6 is 0 Å². The first-order chi connectivity index (χ1) is 10.8. The highest BCUT2D eigenvalue weighted by atomic mass is 19.4. The number of hydrogen-bond donors (Lipinski definition) is 2. The van der Waals surface area contributed by atoms with Crippen LogP contribution in [0.4, 0.5) is 18.0 Å². The topological polar surface area (TPSA) is 78.9 Å². The Hall–Kier alpha value is -1.51. The number of aliphatic carboxylic acids is 1. The summed E-state index contributed by atoms with van der Waals surface area (Å²) >= 11 is 0. The fraction of sp³-hybridized carbons (Fsp3) is 0.857. The number of nitrogens with zero attached hydrogens (tertiary/aromatic N) is 1. The van der Waals surface area contributed by atoms with Gasteiger partial charge in [0.2, 0.25) is 0 Å². The maximum absolute atomic E-state index is 12.9. The van der Waals surface area contributed by atoms with Gasteiger partial charge in [0.1, 0.15) is 0 Å². The molecular formula is C14H21F3N2O4. The second kappa shape index (κ2) is 7.37. The van der Waals surface area contributed by atoms with Gasteiger partial charge in [-0.3, -0.25) is 4.79 Å². The number of carbonyl (C=O) groups is 2. The summed E-state index contributed by atoms with van der Waals surface area (Å²) in [5.74, 6) is -5.16. The van der Waals surface area contributed by atoms with Gasteiger partial charge in [0.15, 0.2) is 0 Å². The van der Waals surface area contributed by atoms with E-state index >= 15 is 0 Å². The molecule has 0 spiro atoms. The van der Waals surface area contributed by atoms with Crippen LogP contribution < -0.4 is 5.32 Å². The average molecular weight is 338 g/mol. The predicted octanol–water partition coefficient (Wildman–Crippen LogP) is 1.85. The number of hydrogen-bond acceptors (Lipinski definition) is 3. The lowest BCUT2D eigenvalue weighted by atomic mass is 9.96. The van der Waals surface area contributed by atoms with Gasteiger partial charge in [-0.05, 0) is 25.7 Å². The number of carboxylic acid groups (broad SMARTS) is 1. The van der Waals surface area contributed by atoms with E-state index in [2.05, 4.69) is 5.32 Å². The number of alkyl halides is 3. The van der Waals surface area contributed by atoms with Crippen molar-refractivity contribution in [2.24, 2.45) is 11.8 Å². The number of carboxylic acids is 1. The lowest BCUT2D eigenvalue weighted by Gasteiger charge is -2.23. The monoisotopic (exact) mass is 338 g/mol. The van der Waals surface area contributed by atoms with Crippen LogP contribution in [0.2, 0.25) is 0 Å². The van der Waals surface area contributed by atoms with Crippen molar-refractivity contribution in [1.82, 2.24) is 10.2 Å². The number of halogens is 3. The fourth-order valence-corrected chi connectivity index (χ4v) is 3.04. The van der Waals surface area contributed by atoms with Crippen molar-refractivity contribution in [2.45, 2.75) is 38.0 Å². The maximum Gasteiger partial charge on any atom is 0.394 e. The number of likely N-dealkylation sites (tertiary alicyclic amines) is 1.